The van der Waals surface area contributed by atoms with Crippen molar-refractivity contribution in [2.45, 2.75) is 32.7 Å². The van der Waals surface area contributed by atoms with Gasteiger partial charge in [-0.2, -0.15) is 0 Å². The minimum atomic E-state index is 0.0542. The number of likely N-dealkylation sites (N-methyl/N-ethyl adjacent to an activating group) is 1. The second-order valence-corrected chi connectivity index (χ2v) is 7.47. The molecule has 0 aliphatic carbocycles. The van der Waals surface area contributed by atoms with Gasteiger partial charge in [0.15, 0.2) is 0 Å². The number of hydrogen-bond donors (Lipinski definition) is 1. The number of thioether (sulfide) groups is 1. The maximum Gasteiger partial charge on any atom is 0.230 e. The van der Waals surface area contributed by atoms with E-state index < -0.39 is 0 Å². The fourth-order valence-corrected chi connectivity index (χ4v) is 4.28. The van der Waals surface area contributed by atoms with Crippen molar-refractivity contribution in [3.8, 4) is 0 Å². The zero-order valence-corrected chi connectivity index (χ0v) is 15.8. The van der Waals surface area contributed by atoms with Crippen LogP contribution in [0, 0.1) is 13.8 Å². The Morgan fingerprint density at radius 1 is 1.30 bits per heavy atom. The number of carbonyl (C=O) groups is 1. The molecule has 0 radical (unpaired) electrons. The van der Waals surface area contributed by atoms with E-state index in [0.717, 1.165) is 34.9 Å². The molecule has 0 aliphatic rings. The lowest BCUT2D eigenvalue weighted by Crippen LogP contribution is -2.35. The second kappa shape index (κ2) is 8.61. The molecule has 0 fully saturated rings. The number of aromatic nitrogens is 2. The summed E-state index contributed by atoms with van der Waals surface area (Å²) < 4.78 is 0. The monoisotopic (exact) mass is 352 g/mol. The van der Waals surface area contributed by atoms with E-state index in [1.54, 1.807) is 17.7 Å². The van der Waals surface area contributed by atoms with Crippen LogP contribution >= 0.6 is 23.1 Å². The molecule has 7 heteroatoms. The summed E-state index contributed by atoms with van der Waals surface area (Å²) in [5, 5.41) is 4.97. The quantitative estimate of drug-likeness (QED) is 0.585. The van der Waals surface area contributed by atoms with E-state index in [2.05, 4.69) is 47.9 Å². The molecule has 5 nitrogen and oxygen atoms in total. The number of hydrogen-bond acceptors (Lipinski definition) is 6. The summed E-state index contributed by atoms with van der Waals surface area (Å²) >= 11 is 3.16. The average Bonchev–Trinajstić information content (AvgIpc) is 2.85. The van der Waals surface area contributed by atoms with Gasteiger partial charge >= 0.3 is 0 Å². The third kappa shape index (κ3) is 4.65. The van der Waals surface area contributed by atoms with Crippen LogP contribution in [0.25, 0.3) is 10.2 Å². The molecular formula is C16H24N4OS2. The van der Waals surface area contributed by atoms with E-state index in [0.29, 0.717) is 12.3 Å². The Morgan fingerprint density at radius 3 is 2.74 bits per heavy atom. The summed E-state index contributed by atoms with van der Waals surface area (Å²) in [6, 6.07) is 0. The van der Waals surface area contributed by atoms with Crippen LogP contribution in [0.2, 0.25) is 0 Å². The maximum absolute atomic E-state index is 12.0. The number of fused-ring (bicyclic) bond motifs is 1. The van der Waals surface area contributed by atoms with Crippen LogP contribution in [-0.2, 0) is 4.79 Å². The number of carbonyl (C=O) groups excluding carboxylic acids is 1. The van der Waals surface area contributed by atoms with Crippen molar-refractivity contribution in [1.29, 1.82) is 0 Å². The predicted octanol–water partition coefficient (Wildman–Crippen LogP) is 2.86. The Hall–Kier alpha value is -1.18. The fourth-order valence-electron chi connectivity index (χ4n) is 2.34. The highest BCUT2D eigenvalue weighted by atomic mass is 32.2. The van der Waals surface area contributed by atoms with Gasteiger partial charge in [0.2, 0.25) is 5.91 Å². The number of aryl methyl sites for hydroxylation is 2. The molecular weight excluding hydrogens is 328 g/mol. The first-order valence-corrected chi connectivity index (χ1v) is 9.69. The molecule has 23 heavy (non-hydrogen) atoms. The normalized spacial score (nSPS) is 11.3. The van der Waals surface area contributed by atoms with Crippen LogP contribution in [0.4, 0.5) is 0 Å². The lowest BCUT2D eigenvalue weighted by molar-refractivity contribution is -0.118. The molecule has 2 aromatic rings. The van der Waals surface area contributed by atoms with Gasteiger partial charge in [-0.1, -0.05) is 25.6 Å². The molecule has 0 spiro atoms. The van der Waals surface area contributed by atoms with E-state index >= 15 is 0 Å². The molecule has 1 amide bonds. The molecule has 1 N–H and O–H groups in total. The van der Waals surface area contributed by atoms with Crippen LogP contribution in [0.5, 0.6) is 0 Å². The van der Waals surface area contributed by atoms with Crippen molar-refractivity contribution >= 4 is 39.2 Å². The van der Waals surface area contributed by atoms with E-state index in [1.165, 1.54) is 22.2 Å². The Labute approximate surface area is 145 Å². The standard InChI is InChI=1S/C16H24N4OS2/c1-5-20(6-2)8-7-17-13(21)9-22-15-14-11(3)12(4)23-16(14)19-10-18-15/h10H,5-9H2,1-4H3,(H,17,21). The van der Waals surface area contributed by atoms with Gasteiger partial charge in [-0.15, -0.1) is 11.3 Å². The predicted molar refractivity (Wildman–Crippen MR) is 98.4 cm³/mol. The third-order valence-corrected chi connectivity index (χ3v) is 6.02. The largest absolute Gasteiger partial charge is 0.354 e. The molecule has 2 aromatic heterocycles. The molecule has 0 saturated carbocycles. The Morgan fingerprint density at radius 2 is 2.04 bits per heavy atom. The number of nitrogens with zero attached hydrogens (tertiary/aromatic N) is 3. The Balaban J connectivity index is 1.90. The van der Waals surface area contributed by atoms with Gasteiger partial charge in [0.25, 0.3) is 0 Å². The van der Waals surface area contributed by atoms with Gasteiger partial charge in [0.05, 0.1) is 5.75 Å². The Bertz CT molecular complexity index is 667. The van der Waals surface area contributed by atoms with Gasteiger partial charge in [-0.25, -0.2) is 9.97 Å². The molecule has 126 valence electrons. The topological polar surface area (TPSA) is 58.1 Å². The summed E-state index contributed by atoms with van der Waals surface area (Å²) in [4.78, 5) is 25.2. The highest BCUT2D eigenvalue weighted by Crippen LogP contribution is 2.34. The summed E-state index contributed by atoms with van der Waals surface area (Å²) in [5.41, 5.74) is 1.22. The first-order valence-electron chi connectivity index (χ1n) is 7.89. The maximum atomic E-state index is 12.0. The van der Waals surface area contributed by atoms with Crippen LogP contribution in [0.3, 0.4) is 0 Å². The summed E-state index contributed by atoms with van der Waals surface area (Å²) in [6.45, 7) is 12.1. The van der Waals surface area contributed by atoms with Gasteiger partial charge in [0.1, 0.15) is 16.2 Å². The van der Waals surface area contributed by atoms with Gasteiger partial charge in [0, 0.05) is 23.4 Å². The highest BCUT2D eigenvalue weighted by Gasteiger charge is 2.13. The van der Waals surface area contributed by atoms with Crippen molar-refractivity contribution in [2.75, 3.05) is 31.9 Å². The van der Waals surface area contributed by atoms with Gasteiger partial charge < -0.3 is 10.2 Å². The van der Waals surface area contributed by atoms with Crippen molar-refractivity contribution in [3.63, 3.8) is 0 Å². The molecule has 0 bridgehead atoms. The van der Waals surface area contributed by atoms with E-state index in [4.69, 9.17) is 0 Å². The van der Waals surface area contributed by atoms with Crippen molar-refractivity contribution in [2.24, 2.45) is 0 Å². The molecule has 2 heterocycles. The summed E-state index contributed by atoms with van der Waals surface area (Å²) in [6.07, 6.45) is 1.58. The molecule has 0 saturated heterocycles. The Kier molecular flexibility index (Phi) is 6.80. The fraction of sp³-hybridized carbons (Fsp3) is 0.562. The van der Waals surface area contributed by atoms with Crippen molar-refractivity contribution in [1.82, 2.24) is 20.2 Å². The molecule has 2 rings (SSSR count). The van der Waals surface area contributed by atoms with Crippen LogP contribution in [-0.4, -0.2) is 52.7 Å². The average molecular weight is 353 g/mol. The van der Waals surface area contributed by atoms with Crippen molar-refractivity contribution in [3.05, 3.63) is 16.8 Å². The molecule has 0 aromatic carbocycles. The van der Waals surface area contributed by atoms with Crippen LogP contribution in [0.1, 0.15) is 24.3 Å². The van der Waals surface area contributed by atoms with E-state index in [-0.39, 0.29) is 5.91 Å². The molecule has 0 unspecified atom stereocenters. The zero-order chi connectivity index (χ0) is 16.8. The number of nitrogens with one attached hydrogen (secondary N) is 1. The number of thiophene rings is 1. The number of rotatable bonds is 8. The lowest BCUT2D eigenvalue weighted by Gasteiger charge is -2.17. The minimum absolute atomic E-state index is 0.0542. The second-order valence-electron chi connectivity index (χ2n) is 5.31. The van der Waals surface area contributed by atoms with Crippen LogP contribution < -0.4 is 5.32 Å². The van der Waals surface area contributed by atoms with Gasteiger partial charge in [-0.3, -0.25) is 4.79 Å². The first-order chi connectivity index (χ1) is 11.1. The molecule has 0 atom stereocenters. The zero-order valence-electron chi connectivity index (χ0n) is 14.2. The smallest absolute Gasteiger partial charge is 0.230 e. The van der Waals surface area contributed by atoms with Crippen LogP contribution in [0.15, 0.2) is 11.4 Å². The highest BCUT2D eigenvalue weighted by molar-refractivity contribution is 8.00. The summed E-state index contributed by atoms with van der Waals surface area (Å²) in [7, 11) is 0. The van der Waals surface area contributed by atoms with Crippen molar-refractivity contribution < 1.29 is 4.79 Å². The SMILES string of the molecule is CCN(CC)CCNC(=O)CSc1ncnc2sc(C)c(C)c12. The summed E-state index contributed by atoms with van der Waals surface area (Å²) in [5.74, 6) is 0.442. The lowest BCUT2D eigenvalue weighted by atomic mass is 10.2. The third-order valence-electron chi connectivity index (χ3n) is 3.92. The minimum Gasteiger partial charge on any atom is -0.354 e. The van der Waals surface area contributed by atoms with E-state index in [1.807, 2.05) is 0 Å². The van der Waals surface area contributed by atoms with Gasteiger partial charge in [-0.05, 0) is 32.5 Å². The first kappa shape index (κ1) is 18.2. The number of amides is 1. The van der Waals surface area contributed by atoms with E-state index in [9.17, 15) is 4.79 Å². The molecule has 0 aliphatic heterocycles.